The molecule has 1 aliphatic heterocycles. The minimum atomic E-state index is -0.180. The maximum atomic E-state index is 12.9. The third kappa shape index (κ3) is 3.11. The van der Waals surface area contributed by atoms with E-state index in [1.807, 2.05) is 54.6 Å². The average Bonchev–Trinajstić information content (AvgIpc) is 3.25. The third-order valence-corrected chi connectivity index (χ3v) is 4.55. The molecule has 0 unspecified atom stereocenters. The highest BCUT2D eigenvalue weighted by atomic mass is 16.5. The number of fused-ring (bicyclic) bond motifs is 1. The zero-order chi connectivity index (χ0) is 18.8. The zero-order valence-corrected chi connectivity index (χ0v) is 14.8. The molecular weight excluding hydrogens is 342 g/mol. The van der Waals surface area contributed by atoms with Crippen LogP contribution in [0.15, 0.2) is 58.3 Å². The molecular formula is C21H19N3O3. The maximum Gasteiger partial charge on any atom is 0.274 e. The van der Waals surface area contributed by atoms with Gasteiger partial charge in [-0.3, -0.25) is 14.9 Å². The van der Waals surface area contributed by atoms with Gasteiger partial charge in [-0.25, -0.2) is 4.68 Å². The Kier molecular flexibility index (Phi) is 4.48. The topological polar surface area (TPSA) is 79.6 Å². The highest BCUT2D eigenvalue weighted by Gasteiger charge is 2.17. The van der Waals surface area contributed by atoms with Crippen LogP contribution in [0.25, 0.3) is 22.9 Å². The molecule has 0 saturated heterocycles. The molecule has 1 aliphatic rings. The van der Waals surface area contributed by atoms with E-state index < -0.39 is 0 Å². The second kappa shape index (κ2) is 7.09. The third-order valence-electron chi connectivity index (χ3n) is 4.55. The molecule has 6 heteroatoms. The van der Waals surface area contributed by atoms with Crippen molar-refractivity contribution >= 4 is 23.6 Å². The Morgan fingerprint density at radius 1 is 1.19 bits per heavy atom. The number of hydrogen-bond donors (Lipinski definition) is 2. The number of hydrogen-bond acceptors (Lipinski definition) is 4. The van der Waals surface area contributed by atoms with Crippen molar-refractivity contribution in [1.29, 1.82) is 0 Å². The van der Waals surface area contributed by atoms with Crippen LogP contribution >= 0.6 is 0 Å². The monoisotopic (exact) mass is 361 g/mol. The molecule has 2 heterocycles. The number of methoxy groups -OCH3 is 1. The number of rotatable bonds is 5. The summed E-state index contributed by atoms with van der Waals surface area (Å²) >= 11 is 0. The first-order chi connectivity index (χ1) is 13.2. The van der Waals surface area contributed by atoms with E-state index in [-0.39, 0.29) is 18.7 Å². The predicted octanol–water partition coefficient (Wildman–Crippen LogP) is 3.10. The number of nitrogens with one attached hydrogen (secondary N) is 1. The molecule has 2 aromatic carbocycles. The smallest absolute Gasteiger partial charge is 0.274 e. The van der Waals surface area contributed by atoms with Gasteiger partial charge in [-0.15, -0.1) is 0 Å². The summed E-state index contributed by atoms with van der Waals surface area (Å²) in [6.07, 6.45) is 3.62. The van der Waals surface area contributed by atoms with Gasteiger partial charge in [-0.05, 0) is 36.4 Å². The summed E-state index contributed by atoms with van der Waals surface area (Å²) in [6, 6.07) is 15.3. The number of nitrogens with zero attached hydrogens (tertiary/aromatic N) is 2. The molecule has 6 nitrogen and oxygen atoms in total. The molecule has 0 fully saturated rings. The lowest BCUT2D eigenvalue weighted by molar-refractivity contribution is 0.267. The number of allylic oxidation sites excluding steroid dienone is 1. The maximum absolute atomic E-state index is 12.9. The van der Waals surface area contributed by atoms with Crippen LogP contribution in [0.1, 0.15) is 11.1 Å². The van der Waals surface area contributed by atoms with Crippen molar-refractivity contribution in [2.75, 3.05) is 13.7 Å². The molecule has 0 amide bonds. The first-order valence-corrected chi connectivity index (χ1v) is 8.64. The number of aliphatic imine (C=N–C) groups is 1. The summed E-state index contributed by atoms with van der Waals surface area (Å²) in [7, 11) is 1.61. The lowest BCUT2D eigenvalue weighted by atomic mass is 10.0. The number of aliphatic hydroxyl groups is 1. The number of benzene rings is 2. The molecule has 1 aromatic heterocycles. The number of aromatic amines is 1. The molecule has 0 atom stereocenters. The number of H-pyrrole nitrogens is 1. The summed E-state index contributed by atoms with van der Waals surface area (Å²) in [4.78, 5) is 17.3. The van der Waals surface area contributed by atoms with Gasteiger partial charge in [0.1, 0.15) is 5.75 Å². The molecule has 0 saturated carbocycles. The summed E-state index contributed by atoms with van der Waals surface area (Å²) in [5, 5.41) is 12.4. The molecule has 0 spiro atoms. The van der Waals surface area contributed by atoms with E-state index in [0.29, 0.717) is 11.3 Å². The van der Waals surface area contributed by atoms with E-state index in [9.17, 15) is 9.90 Å². The highest BCUT2D eigenvalue weighted by Crippen LogP contribution is 2.33. The van der Waals surface area contributed by atoms with Crippen LogP contribution in [-0.4, -0.2) is 34.8 Å². The van der Waals surface area contributed by atoms with Crippen molar-refractivity contribution < 1.29 is 9.84 Å². The van der Waals surface area contributed by atoms with Crippen LogP contribution in [0.4, 0.5) is 5.69 Å². The Morgan fingerprint density at radius 2 is 1.96 bits per heavy atom. The minimum Gasteiger partial charge on any atom is -0.497 e. The summed E-state index contributed by atoms with van der Waals surface area (Å²) < 4.78 is 6.63. The standard InChI is InChI=1S/C21H19N3O3/c1-27-16-8-6-14(7-9-16)20-18(21(26)24(23-20)10-11-25)12-15-13-22-19-5-3-2-4-17(15)19/h2-9,12-13,23,25H,10-11H2,1H3/b15-12+. The first-order valence-electron chi connectivity index (χ1n) is 8.64. The molecule has 4 rings (SSSR count). The highest BCUT2D eigenvalue weighted by molar-refractivity contribution is 6.21. The number of ether oxygens (including phenoxy) is 1. The van der Waals surface area contributed by atoms with E-state index in [1.165, 1.54) is 4.68 Å². The van der Waals surface area contributed by atoms with Crippen LogP contribution in [0.3, 0.4) is 0 Å². The van der Waals surface area contributed by atoms with Gasteiger partial charge in [0.05, 0.1) is 37.2 Å². The second-order valence-corrected chi connectivity index (χ2v) is 6.18. The van der Waals surface area contributed by atoms with Crippen molar-refractivity contribution in [3.8, 4) is 17.0 Å². The van der Waals surface area contributed by atoms with Crippen molar-refractivity contribution in [2.45, 2.75) is 6.54 Å². The molecule has 136 valence electrons. The van der Waals surface area contributed by atoms with Crippen molar-refractivity contribution in [1.82, 2.24) is 9.78 Å². The molecule has 0 radical (unpaired) electrons. The number of aliphatic hydroxyl groups excluding tert-OH is 1. The van der Waals surface area contributed by atoms with Gasteiger partial charge in [-0.1, -0.05) is 18.2 Å². The van der Waals surface area contributed by atoms with Crippen molar-refractivity contribution in [2.24, 2.45) is 4.99 Å². The van der Waals surface area contributed by atoms with Crippen LogP contribution in [0.5, 0.6) is 5.75 Å². The molecule has 27 heavy (non-hydrogen) atoms. The van der Waals surface area contributed by atoms with Crippen LogP contribution in [-0.2, 0) is 6.54 Å². The van der Waals surface area contributed by atoms with Gasteiger partial charge in [0, 0.05) is 22.9 Å². The fraction of sp³-hybridized carbons (Fsp3) is 0.143. The Bertz CT molecular complexity index is 1090. The first kappa shape index (κ1) is 17.1. The number of para-hydroxylation sites is 1. The fourth-order valence-corrected chi connectivity index (χ4v) is 3.18. The summed E-state index contributed by atoms with van der Waals surface area (Å²) in [6.45, 7) is 0.0820. The second-order valence-electron chi connectivity index (χ2n) is 6.18. The van der Waals surface area contributed by atoms with E-state index in [0.717, 1.165) is 28.1 Å². The average molecular weight is 361 g/mol. The minimum absolute atomic E-state index is 0.122. The number of aromatic nitrogens is 2. The lowest BCUT2D eigenvalue weighted by Crippen LogP contribution is -2.19. The predicted molar refractivity (Wildman–Crippen MR) is 107 cm³/mol. The SMILES string of the molecule is COc1ccc(-c2[nH]n(CCO)c(=O)c2/C=C2\C=Nc3ccccc32)cc1. The fourth-order valence-electron chi connectivity index (χ4n) is 3.18. The van der Waals surface area contributed by atoms with Gasteiger partial charge in [0.25, 0.3) is 5.56 Å². The Balaban J connectivity index is 1.85. The van der Waals surface area contributed by atoms with Gasteiger partial charge in [0.2, 0.25) is 0 Å². The van der Waals surface area contributed by atoms with Gasteiger partial charge < -0.3 is 9.84 Å². The summed E-state index contributed by atoms with van der Waals surface area (Å²) in [5.41, 5.74) is 4.68. The lowest BCUT2D eigenvalue weighted by Gasteiger charge is -2.04. The Hall–Kier alpha value is -3.38. The van der Waals surface area contributed by atoms with E-state index >= 15 is 0 Å². The van der Waals surface area contributed by atoms with E-state index in [2.05, 4.69) is 10.1 Å². The van der Waals surface area contributed by atoms with Crippen LogP contribution in [0, 0.1) is 0 Å². The molecule has 2 N–H and O–H groups in total. The van der Waals surface area contributed by atoms with Gasteiger partial charge in [0.15, 0.2) is 0 Å². The van der Waals surface area contributed by atoms with Crippen molar-refractivity contribution in [3.63, 3.8) is 0 Å². The molecule has 0 bridgehead atoms. The van der Waals surface area contributed by atoms with Gasteiger partial charge in [-0.2, -0.15) is 0 Å². The quantitative estimate of drug-likeness (QED) is 0.733. The largest absolute Gasteiger partial charge is 0.497 e. The zero-order valence-electron chi connectivity index (χ0n) is 14.8. The Labute approximate surface area is 156 Å². The molecule has 0 aliphatic carbocycles. The van der Waals surface area contributed by atoms with E-state index in [4.69, 9.17) is 4.74 Å². The normalized spacial score (nSPS) is 13.9. The van der Waals surface area contributed by atoms with Crippen LogP contribution < -0.4 is 10.3 Å². The van der Waals surface area contributed by atoms with Gasteiger partial charge >= 0.3 is 0 Å². The van der Waals surface area contributed by atoms with Crippen molar-refractivity contribution in [3.05, 3.63) is 70.0 Å². The molecule has 3 aromatic rings. The van der Waals surface area contributed by atoms with Crippen LogP contribution in [0.2, 0.25) is 0 Å². The summed E-state index contributed by atoms with van der Waals surface area (Å²) in [5.74, 6) is 0.743. The van der Waals surface area contributed by atoms with E-state index in [1.54, 1.807) is 13.3 Å². The Morgan fingerprint density at radius 3 is 2.70 bits per heavy atom.